The van der Waals surface area contributed by atoms with Crippen molar-refractivity contribution in [3.8, 4) is 5.69 Å². The Morgan fingerprint density at radius 3 is 2.61 bits per heavy atom. The number of amides is 1. The van der Waals surface area contributed by atoms with Gasteiger partial charge in [0.1, 0.15) is 12.4 Å². The van der Waals surface area contributed by atoms with Gasteiger partial charge in [0.2, 0.25) is 5.91 Å². The summed E-state index contributed by atoms with van der Waals surface area (Å²) in [5, 5.41) is 16.5. The summed E-state index contributed by atoms with van der Waals surface area (Å²) in [5.74, 6) is 0.158. The zero-order chi connectivity index (χ0) is 20.1. The van der Waals surface area contributed by atoms with Crippen molar-refractivity contribution >= 4 is 5.91 Å². The molecule has 0 spiro atoms. The topological polar surface area (TPSA) is 89.2 Å². The van der Waals surface area contributed by atoms with Crippen molar-refractivity contribution in [2.45, 2.75) is 32.9 Å². The van der Waals surface area contributed by atoms with Crippen LogP contribution in [0.1, 0.15) is 23.9 Å². The summed E-state index contributed by atoms with van der Waals surface area (Å²) < 4.78 is 2.71. The van der Waals surface area contributed by atoms with Crippen LogP contribution in [0.25, 0.3) is 5.69 Å². The Morgan fingerprint density at radius 2 is 1.93 bits per heavy atom. The van der Waals surface area contributed by atoms with E-state index in [2.05, 4.69) is 10.4 Å². The lowest BCUT2D eigenvalue weighted by atomic mass is 10.1. The Kier molecular flexibility index (Phi) is 6.06. The minimum absolute atomic E-state index is 0.133. The van der Waals surface area contributed by atoms with Gasteiger partial charge in [0.05, 0.1) is 11.8 Å². The molecular formula is C21H24N4O3. The number of hydrogen-bond acceptors (Lipinski definition) is 4. The zero-order valence-corrected chi connectivity index (χ0v) is 16.0. The van der Waals surface area contributed by atoms with Crippen molar-refractivity contribution in [2.24, 2.45) is 0 Å². The van der Waals surface area contributed by atoms with E-state index in [1.807, 2.05) is 61.5 Å². The van der Waals surface area contributed by atoms with Crippen molar-refractivity contribution in [3.63, 3.8) is 0 Å². The standard InChI is InChI=1S/C21H24N4O3/c1-15-7-6-10-18(11-15)25-21(28)24(14-20(27)22-13-16(2)26)19(23-25)12-17-8-4-3-5-9-17/h3-11,16,26H,12-14H2,1-2H3,(H,22,27). The number of aliphatic hydroxyl groups excluding tert-OH is 1. The largest absolute Gasteiger partial charge is 0.392 e. The second-order valence-corrected chi connectivity index (χ2v) is 6.85. The van der Waals surface area contributed by atoms with Crippen LogP contribution in [0.3, 0.4) is 0 Å². The van der Waals surface area contributed by atoms with E-state index in [9.17, 15) is 14.7 Å². The highest BCUT2D eigenvalue weighted by atomic mass is 16.3. The molecule has 28 heavy (non-hydrogen) atoms. The van der Waals surface area contributed by atoms with E-state index < -0.39 is 6.10 Å². The van der Waals surface area contributed by atoms with E-state index in [1.165, 1.54) is 9.25 Å². The highest BCUT2D eigenvalue weighted by molar-refractivity contribution is 5.75. The van der Waals surface area contributed by atoms with E-state index in [0.717, 1.165) is 11.1 Å². The van der Waals surface area contributed by atoms with E-state index in [4.69, 9.17) is 0 Å². The molecule has 1 unspecified atom stereocenters. The Hall–Kier alpha value is -3.19. The SMILES string of the molecule is Cc1cccc(-n2nc(Cc3ccccc3)n(CC(=O)NCC(C)O)c2=O)c1. The third-order valence-electron chi connectivity index (χ3n) is 4.29. The molecule has 0 bridgehead atoms. The van der Waals surface area contributed by atoms with Crippen LogP contribution >= 0.6 is 0 Å². The maximum absolute atomic E-state index is 13.0. The van der Waals surface area contributed by atoms with Crippen LogP contribution in [-0.2, 0) is 17.8 Å². The minimum atomic E-state index is -0.653. The van der Waals surface area contributed by atoms with Crippen LogP contribution < -0.4 is 11.0 Å². The van der Waals surface area contributed by atoms with E-state index >= 15 is 0 Å². The average Bonchev–Trinajstić information content (AvgIpc) is 2.97. The summed E-state index contributed by atoms with van der Waals surface area (Å²) in [6.45, 7) is 3.51. The molecule has 0 fully saturated rings. The van der Waals surface area contributed by atoms with Gasteiger partial charge in [-0.05, 0) is 37.1 Å². The number of aryl methyl sites for hydroxylation is 1. The van der Waals surface area contributed by atoms with Gasteiger partial charge < -0.3 is 10.4 Å². The summed E-state index contributed by atoms with van der Waals surface area (Å²) in [5.41, 5.74) is 2.29. The van der Waals surface area contributed by atoms with Gasteiger partial charge in [0.25, 0.3) is 0 Å². The van der Waals surface area contributed by atoms with Crippen LogP contribution in [0.5, 0.6) is 0 Å². The first-order chi connectivity index (χ1) is 13.4. The summed E-state index contributed by atoms with van der Waals surface area (Å²) >= 11 is 0. The average molecular weight is 380 g/mol. The van der Waals surface area contributed by atoms with Crippen LogP contribution in [0.2, 0.25) is 0 Å². The maximum Gasteiger partial charge on any atom is 0.351 e. The van der Waals surface area contributed by atoms with Crippen molar-refractivity contribution < 1.29 is 9.90 Å². The number of carbonyl (C=O) groups is 1. The molecule has 2 aromatic carbocycles. The summed E-state index contributed by atoms with van der Waals surface area (Å²) in [6.07, 6.45) is -0.224. The fourth-order valence-electron chi connectivity index (χ4n) is 2.89. The van der Waals surface area contributed by atoms with Gasteiger partial charge in [-0.2, -0.15) is 4.68 Å². The zero-order valence-electron chi connectivity index (χ0n) is 16.0. The fraction of sp³-hybridized carbons (Fsp3) is 0.286. The number of rotatable bonds is 7. The molecule has 1 aromatic heterocycles. The first-order valence-electron chi connectivity index (χ1n) is 9.18. The minimum Gasteiger partial charge on any atom is -0.392 e. The van der Waals surface area contributed by atoms with Crippen molar-refractivity contribution in [3.05, 3.63) is 82.0 Å². The Labute approximate surface area is 163 Å². The molecular weight excluding hydrogens is 356 g/mol. The van der Waals surface area contributed by atoms with Gasteiger partial charge in [-0.15, -0.1) is 5.10 Å². The second-order valence-electron chi connectivity index (χ2n) is 6.85. The molecule has 0 radical (unpaired) electrons. The lowest BCUT2D eigenvalue weighted by Crippen LogP contribution is -2.36. The summed E-state index contributed by atoms with van der Waals surface area (Å²) in [7, 11) is 0. The normalized spacial score (nSPS) is 12.0. The summed E-state index contributed by atoms with van der Waals surface area (Å²) in [4.78, 5) is 25.3. The third-order valence-corrected chi connectivity index (χ3v) is 4.29. The van der Waals surface area contributed by atoms with Gasteiger partial charge in [-0.25, -0.2) is 4.79 Å². The lowest BCUT2D eigenvalue weighted by molar-refractivity contribution is -0.122. The molecule has 3 aromatic rings. The molecule has 7 nitrogen and oxygen atoms in total. The Bertz CT molecular complexity index is 1010. The molecule has 0 saturated carbocycles. The van der Waals surface area contributed by atoms with Crippen LogP contribution in [-0.4, -0.2) is 38.0 Å². The van der Waals surface area contributed by atoms with Crippen molar-refractivity contribution in [2.75, 3.05) is 6.54 Å². The van der Waals surface area contributed by atoms with Gasteiger partial charge >= 0.3 is 5.69 Å². The quantitative estimate of drug-likeness (QED) is 0.649. The number of nitrogens with zero attached hydrogens (tertiary/aromatic N) is 3. The molecule has 1 heterocycles. The number of benzene rings is 2. The molecule has 0 aliphatic heterocycles. The predicted octanol–water partition coefficient (Wildman–Crippen LogP) is 1.43. The Morgan fingerprint density at radius 1 is 1.18 bits per heavy atom. The van der Waals surface area contributed by atoms with E-state index in [-0.39, 0.29) is 24.7 Å². The molecule has 0 saturated heterocycles. The van der Waals surface area contributed by atoms with Gasteiger partial charge in [0, 0.05) is 13.0 Å². The molecule has 7 heteroatoms. The molecule has 1 amide bonds. The smallest absolute Gasteiger partial charge is 0.351 e. The number of aromatic nitrogens is 3. The van der Waals surface area contributed by atoms with Gasteiger partial charge in [-0.1, -0.05) is 42.5 Å². The predicted molar refractivity (Wildman–Crippen MR) is 106 cm³/mol. The molecule has 2 N–H and O–H groups in total. The number of carbonyl (C=O) groups excluding carboxylic acids is 1. The van der Waals surface area contributed by atoms with Crippen LogP contribution in [0.4, 0.5) is 0 Å². The van der Waals surface area contributed by atoms with E-state index in [1.54, 1.807) is 6.92 Å². The monoisotopic (exact) mass is 380 g/mol. The molecule has 1 atom stereocenters. The summed E-state index contributed by atoms with van der Waals surface area (Å²) in [6, 6.07) is 17.2. The van der Waals surface area contributed by atoms with E-state index in [0.29, 0.717) is 17.9 Å². The van der Waals surface area contributed by atoms with Crippen molar-refractivity contribution in [1.82, 2.24) is 19.7 Å². The second kappa shape index (κ2) is 8.67. The first-order valence-corrected chi connectivity index (χ1v) is 9.18. The molecule has 0 aliphatic rings. The third kappa shape index (κ3) is 4.75. The van der Waals surface area contributed by atoms with Crippen LogP contribution in [0.15, 0.2) is 59.4 Å². The number of aliphatic hydroxyl groups is 1. The fourth-order valence-corrected chi connectivity index (χ4v) is 2.89. The molecule has 0 aliphatic carbocycles. The first kappa shape index (κ1) is 19.6. The van der Waals surface area contributed by atoms with Gasteiger partial charge in [-0.3, -0.25) is 9.36 Å². The number of hydrogen-bond donors (Lipinski definition) is 2. The highest BCUT2D eigenvalue weighted by Crippen LogP contribution is 2.10. The van der Waals surface area contributed by atoms with Gasteiger partial charge in [0.15, 0.2) is 0 Å². The molecule has 146 valence electrons. The highest BCUT2D eigenvalue weighted by Gasteiger charge is 2.18. The van der Waals surface area contributed by atoms with Crippen molar-refractivity contribution in [1.29, 1.82) is 0 Å². The molecule has 3 rings (SSSR count). The number of nitrogens with one attached hydrogen (secondary N) is 1. The maximum atomic E-state index is 13.0. The lowest BCUT2D eigenvalue weighted by Gasteiger charge is -2.08. The van der Waals surface area contributed by atoms with Crippen LogP contribution in [0, 0.1) is 6.92 Å². The Balaban J connectivity index is 1.97.